The van der Waals surface area contributed by atoms with Gasteiger partial charge in [-0.2, -0.15) is 0 Å². The van der Waals surface area contributed by atoms with Crippen molar-refractivity contribution in [2.24, 2.45) is 5.73 Å². The second kappa shape index (κ2) is 6.56. The van der Waals surface area contributed by atoms with Crippen LogP contribution in [0.1, 0.15) is 11.1 Å². The highest BCUT2D eigenvalue weighted by molar-refractivity contribution is 5.79. The topological polar surface area (TPSA) is 81.2 Å². The van der Waals surface area contributed by atoms with E-state index in [4.69, 9.17) is 20.6 Å². The summed E-state index contributed by atoms with van der Waals surface area (Å²) in [6, 6.07) is 11.3. The van der Waals surface area contributed by atoms with E-state index in [1.54, 1.807) is 13.3 Å². The highest BCUT2D eigenvalue weighted by Crippen LogP contribution is 2.18. The third-order valence-corrected chi connectivity index (χ3v) is 2.76. The predicted molar refractivity (Wildman–Crippen MR) is 77.2 cm³/mol. The number of ether oxygens (including phenoxy) is 2. The molecule has 0 atom stereocenters. The first-order chi connectivity index (χ1) is 9.69. The van der Waals surface area contributed by atoms with Gasteiger partial charge in [-0.25, -0.2) is 4.98 Å². The Hall–Kier alpha value is -2.56. The number of rotatable bonds is 6. The van der Waals surface area contributed by atoms with Crippen LogP contribution in [0.3, 0.4) is 0 Å². The third kappa shape index (κ3) is 3.71. The van der Waals surface area contributed by atoms with Crippen molar-refractivity contribution >= 4 is 5.84 Å². The van der Waals surface area contributed by atoms with E-state index >= 15 is 0 Å². The summed E-state index contributed by atoms with van der Waals surface area (Å²) in [5, 5.41) is 7.25. The van der Waals surface area contributed by atoms with Crippen molar-refractivity contribution in [2.75, 3.05) is 7.11 Å². The van der Waals surface area contributed by atoms with Gasteiger partial charge in [0.1, 0.15) is 12.4 Å². The molecule has 0 unspecified atom stereocenters. The molecular formula is C15H17N3O2. The zero-order valence-corrected chi connectivity index (χ0v) is 11.3. The van der Waals surface area contributed by atoms with Crippen LogP contribution in [0, 0.1) is 5.41 Å². The normalized spacial score (nSPS) is 10.1. The molecule has 5 nitrogen and oxygen atoms in total. The lowest BCUT2D eigenvalue weighted by molar-refractivity contribution is 0.294. The van der Waals surface area contributed by atoms with Crippen LogP contribution < -0.4 is 15.2 Å². The molecule has 0 saturated heterocycles. The van der Waals surface area contributed by atoms with Gasteiger partial charge in [-0.15, -0.1) is 0 Å². The summed E-state index contributed by atoms with van der Waals surface area (Å²) >= 11 is 0. The molecule has 0 aliphatic rings. The molecule has 0 spiro atoms. The first-order valence-electron chi connectivity index (χ1n) is 6.21. The molecule has 1 aromatic heterocycles. The summed E-state index contributed by atoms with van der Waals surface area (Å²) in [6.07, 6.45) is 2.13. The van der Waals surface area contributed by atoms with E-state index < -0.39 is 0 Å². The van der Waals surface area contributed by atoms with Gasteiger partial charge in [0.05, 0.1) is 18.5 Å². The van der Waals surface area contributed by atoms with E-state index in [9.17, 15) is 0 Å². The van der Waals surface area contributed by atoms with Crippen LogP contribution >= 0.6 is 0 Å². The van der Waals surface area contributed by atoms with Gasteiger partial charge in [-0.05, 0) is 29.8 Å². The van der Waals surface area contributed by atoms with Crippen LogP contribution in [0.15, 0.2) is 42.6 Å². The number of hydrogen-bond donors (Lipinski definition) is 2. The molecule has 3 N–H and O–H groups in total. The molecule has 104 valence electrons. The number of nitrogens with two attached hydrogens (primary N) is 1. The lowest BCUT2D eigenvalue weighted by atomic mass is 10.1. The zero-order valence-electron chi connectivity index (χ0n) is 11.3. The quantitative estimate of drug-likeness (QED) is 0.623. The van der Waals surface area contributed by atoms with E-state index in [1.165, 1.54) is 0 Å². The fraction of sp³-hybridized carbons (Fsp3) is 0.200. The summed E-state index contributed by atoms with van der Waals surface area (Å²) in [5.41, 5.74) is 7.24. The Morgan fingerprint density at radius 1 is 1.25 bits per heavy atom. The molecule has 0 aliphatic carbocycles. The highest BCUT2D eigenvalue weighted by atomic mass is 16.5. The molecule has 0 saturated carbocycles. The number of aromatic nitrogens is 1. The van der Waals surface area contributed by atoms with Gasteiger partial charge in [-0.1, -0.05) is 12.1 Å². The van der Waals surface area contributed by atoms with E-state index in [0.29, 0.717) is 18.9 Å². The largest absolute Gasteiger partial charge is 0.489 e. The smallest absolute Gasteiger partial charge is 0.219 e. The van der Waals surface area contributed by atoms with Crippen LogP contribution in [-0.2, 0) is 13.0 Å². The standard InChI is InChI=1S/C15H17N3O2/c1-19-15-12(3-2-8-18-15)10-20-13-6-4-11(5-7-13)9-14(16)17/h2-8H,9-10H2,1H3,(H3,16,17). The fourth-order valence-corrected chi connectivity index (χ4v) is 1.80. The third-order valence-electron chi connectivity index (χ3n) is 2.76. The van der Waals surface area contributed by atoms with Crippen LogP contribution in [0.4, 0.5) is 0 Å². The maximum absolute atomic E-state index is 7.25. The Morgan fingerprint density at radius 3 is 2.65 bits per heavy atom. The van der Waals surface area contributed by atoms with Gasteiger partial charge in [0.15, 0.2) is 0 Å². The fourth-order valence-electron chi connectivity index (χ4n) is 1.80. The maximum Gasteiger partial charge on any atom is 0.219 e. The van der Waals surface area contributed by atoms with Crippen molar-refractivity contribution in [2.45, 2.75) is 13.0 Å². The van der Waals surface area contributed by atoms with E-state index in [1.807, 2.05) is 36.4 Å². The summed E-state index contributed by atoms with van der Waals surface area (Å²) in [7, 11) is 1.59. The minimum Gasteiger partial charge on any atom is -0.489 e. The SMILES string of the molecule is COc1ncccc1COc1ccc(CC(=N)N)cc1. The van der Waals surface area contributed by atoms with E-state index in [-0.39, 0.29) is 5.84 Å². The van der Waals surface area contributed by atoms with Crippen molar-refractivity contribution in [1.29, 1.82) is 5.41 Å². The average molecular weight is 271 g/mol. The van der Waals surface area contributed by atoms with Crippen molar-refractivity contribution in [1.82, 2.24) is 4.98 Å². The van der Waals surface area contributed by atoms with Crippen molar-refractivity contribution in [3.05, 3.63) is 53.7 Å². The van der Waals surface area contributed by atoms with Gasteiger partial charge in [0.25, 0.3) is 0 Å². The molecule has 20 heavy (non-hydrogen) atoms. The second-order valence-corrected chi connectivity index (χ2v) is 4.31. The van der Waals surface area contributed by atoms with Gasteiger partial charge in [0, 0.05) is 12.6 Å². The average Bonchev–Trinajstić information content (AvgIpc) is 2.46. The molecular weight excluding hydrogens is 254 g/mol. The molecule has 2 aromatic rings. The number of amidine groups is 1. The highest BCUT2D eigenvalue weighted by Gasteiger charge is 2.04. The minimum absolute atomic E-state index is 0.152. The molecule has 0 fully saturated rings. The molecule has 1 aromatic carbocycles. The van der Waals surface area contributed by atoms with Gasteiger partial charge >= 0.3 is 0 Å². The number of nitrogens with one attached hydrogen (secondary N) is 1. The number of nitrogens with zero attached hydrogens (tertiary/aromatic N) is 1. The molecule has 0 radical (unpaired) electrons. The van der Waals surface area contributed by atoms with Crippen molar-refractivity contribution in [3.8, 4) is 11.6 Å². The molecule has 2 rings (SSSR count). The Labute approximate surface area is 117 Å². The number of hydrogen-bond acceptors (Lipinski definition) is 4. The van der Waals surface area contributed by atoms with Crippen LogP contribution in [0.5, 0.6) is 11.6 Å². The summed E-state index contributed by atoms with van der Waals surface area (Å²) in [6.45, 7) is 0.392. The Balaban J connectivity index is 1.98. The van der Waals surface area contributed by atoms with Crippen LogP contribution in [0.25, 0.3) is 0 Å². The van der Waals surface area contributed by atoms with Crippen LogP contribution in [0.2, 0.25) is 0 Å². The molecule has 1 heterocycles. The van der Waals surface area contributed by atoms with E-state index in [2.05, 4.69) is 4.98 Å². The lowest BCUT2D eigenvalue weighted by Gasteiger charge is -2.09. The molecule has 0 bridgehead atoms. The molecule has 5 heteroatoms. The van der Waals surface area contributed by atoms with Crippen molar-refractivity contribution in [3.63, 3.8) is 0 Å². The first-order valence-corrected chi connectivity index (χ1v) is 6.21. The Morgan fingerprint density at radius 2 is 2.00 bits per heavy atom. The second-order valence-electron chi connectivity index (χ2n) is 4.31. The lowest BCUT2D eigenvalue weighted by Crippen LogP contribution is -2.12. The monoisotopic (exact) mass is 271 g/mol. The number of methoxy groups -OCH3 is 1. The Kier molecular flexibility index (Phi) is 4.55. The Bertz CT molecular complexity index is 582. The summed E-state index contributed by atoms with van der Waals surface area (Å²) in [5.74, 6) is 1.47. The zero-order chi connectivity index (χ0) is 14.4. The number of benzene rings is 1. The van der Waals surface area contributed by atoms with Gasteiger partial charge in [0.2, 0.25) is 5.88 Å². The molecule has 0 amide bonds. The summed E-state index contributed by atoms with van der Waals surface area (Å²) in [4.78, 5) is 4.12. The van der Waals surface area contributed by atoms with Crippen LogP contribution in [-0.4, -0.2) is 17.9 Å². The van der Waals surface area contributed by atoms with Gasteiger partial charge < -0.3 is 15.2 Å². The van der Waals surface area contributed by atoms with E-state index in [0.717, 1.165) is 16.9 Å². The molecule has 0 aliphatic heterocycles. The predicted octanol–water partition coefficient (Wildman–Crippen LogP) is 2.15. The minimum atomic E-state index is 0.152. The van der Waals surface area contributed by atoms with Crippen molar-refractivity contribution < 1.29 is 9.47 Å². The summed E-state index contributed by atoms with van der Waals surface area (Å²) < 4.78 is 10.9. The first kappa shape index (κ1) is 13.9. The number of pyridine rings is 1. The van der Waals surface area contributed by atoms with Gasteiger partial charge in [-0.3, -0.25) is 5.41 Å². The maximum atomic E-state index is 7.25.